The molecule has 0 saturated heterocycles. The Morgan fingerprint density at radius 2 is 1.83 bits per heavy atom. The summed E-state index contributed by atoms with van der Waals surface area (Å²) in [5.41, 5.74) is 1.42. The van der Waals surface area contributed by atoms with E-state index < -0.39 is 0 Å². The Kier molecular flexibility index (Phi) is 10.1. The van der Waals surface area contributed by atoms with Crippen molar-refractivity contribution in [2.24, 2.45) is 5.92 Å². The van der Waals surface area contributed by atoms with E-state index in [0.29, 0.717) is 24.5 Å². The molecule has 0 amide bonds. The van der Waals surface area contributed by atoms with Gasteiger partial charge in [-0.3, -0.25) is 4.79 Å². The molecular formula is C23H32N2O4. The summed E-state index contributed by atoms with van der Waals surface area (Å²) in [5.74, 6) is -0.0578. The lowest BCUT2D eigenvalue weighted by atomic mass is 10.1. The van der Waals surface area contributed by atoms with Crippen LogP contribution in [0.1, 0.15) is 59.3 Å². The standard InChI is InChI=1S/C23H32N2O4/c1-4-6-7-8-12-15-27-17-28-20-16-24-23(29-22(26)18(3)5-2)25-21(20)19-13-10-9-11-14-19/h9-11,13-14,16,18H,4-8,12,15,17H2,1-3H3. The van der Waals surface area contributed by atoms with Crippen molar-refractivity contribution in [1.29, 1.82) is 0 Å². The zero-order valence-corrected chi connectivity index (χ0v) is 17.7. The minimum atomic E-state index is -0.341. The smallest absolute Gasteiger partial charge is 0.325 e. The van der Waals surface area contributed by atoms with Crippen molar-refractivity contribution in [3.05, 3.63) is 36.5 Å². The molecule has 1 atom stereocenters. The fourth-order valence-electron chi connectivity index (χ4n) is 2.64. The molecule has 0 saturated carbocycles. The average molecular weight is 401 g/mol. The number of esters is 1. The quantitative estimate of drug-likeness (QED) is 0.254. The van der Waals surface area contributed by atoms with Crippen LogP contribution in [0.3, 0.4) is 0 Å². The summed E-state index contributed by atoms with van der Waals surface area (Å²) in [4.78, 5) is 20.6. The number of benzene rings is 1. The van der Waals surface area contributed by atoms with Crippen LogP contribution in [-0.2, 0) is 9.53 Å². The predicted molar refractivity (Wildman–Crippen MR) is 113 cm³/mol. The Bertz CT molecular complexity index is 737. The van der Waals surface area contributed by atoms with E-state index in [1.807, 2.05) is 44.2 Å². The van der Waals surface area contributed by atoms with Crippen molar-refractivity contribution in [3.63, 3.8) is 0 Å². The highest BCUT2D eigenvalue weighted by atomic mass is 16.7. The molecule has 6 nitrogen and oxygen atoms in total. The van der Waals surface area contributed by atoms with Gasteiger partial charge in [-0.15, -0.1) is 0 Å². The lowest BCUT2D eigenvalue weighted by molar-refractivity contribution is -0.139. The average Bonchev–Trinajstić information content (AvgIpc) is 2.76. The lowest BCUT2D eigenvalue weighted by Gasteiger charge is -2.13. The second kappa shape index (κ2) is 12.9. The number of nitrogens with zero attached hydrogens (tertiary/aromatic N) is 2. The molecule has 0 bridgehead atoms. The van der Waals surface area contributed by atoms with Crippen LogP contribution in [0.4, 0.5) is 0 Å². The topological polar surface area (TPSA) is 70.5 Å². The maximum Gasteiger partial charge on any atom is 0.325 e. The second-order valence-corrected chi connectivity index (χ2v) is 7.05. The first-order valence-electron chi connectivity index (χ1n) is 10.5. The molecule has 0 aliphatic rings. The van der Waals surface area contributed by atoms with Crippen LogP contribution < -0.4 is 9.47 Å². The molecule has 29 heavy (non-hydrogen) atoms. The molecule has 0 aliphatic carbocycles. The largest absolute Gasteiger partial charge is 0.464 e. The van der Waals surface area contributed by atoms with Gasteiger partial charge in [0.25, 0.3) is 0 Å². The van der Waals surface area contributed by atoms with Crippen LogP contribution >= 0.6 is 0 Å². The molecule has 0 N–H and O–H groups in total. The van der Waals surface area contributed by atoms with Crippen molar-refractivity contribution < 1.29 is 19.0 Å². The highest BCUT2D eigenvalue weighted by Crippen LogP contribution is 2.29. The maximum atomic E-state index is 12.1. The fraction of sp³-hybridized carbons (Fsp3) is 0.522. The fourth-order valence-corrected chi connectivity index (χ4v) is 2.64. The zero-order valence-electron chi connectivity index (χ0n) is 17.7. The highest BCUT2D eigenvalue weighted by Gasteiger charge is 2.17. The van der Waals surface area contributed by atoms with E-state index in [0.717, 1.165) is 12.0 Å². The van der Waals surface area contributed by atoms with E-state index in [1.54, 1.807) is 0 Å². The van der Waals surface area contributed by atoms with Crippen molar-refractivity contribution >= 4 is 5.97 Å². The molecule has 0 fully saturated rings. The van der Waals surface area contributed by atoms with Gasteiger partial charge >= 0.3 is 12.0 Å². The van der Waals surface area contributed by atoms with Gasteiger partial charge in [0.1, 0.15) is 5.69 Å². The molecule has 1 unspecified atom stereocenters. The Morgan fingerprint density at radius 3 is 2.55 bits per heavy atom. The number of carbonyl (C=O) groups is 1. The number of carbonyl (C=O) groups excluding carboxylic acids is 1. The molecule has 1 aromatic heterocycles. The molecule has 0 aliphatic heterocycles. The SMILES string of the molecule is CCCCCCCOCOc1cnc(OC(=O)C(C)CC)nc1-c1ccccc1. The normalized spacial score (nSPS) is 11.8. The van der Waals surface area contributed by atoms with Gasteiger partial charge in [0.2, 0.25) is 0 Å². The molecule has 2 rings (SSSR count). The summed E-state index contributed by atoms with van der Waals surface area (Å²) in [6.07, 6.45) is 8.15. The van der Waals surface area contributed by atoms with Crippen LogP contribution in [0.15, 0.2) is 36.5 Å². The van der Waals surface area contributed by atoms with Gasteiger partial charge in [-0.25, -0.2) is 0 Å². The summed E-state index contributed by atoms with van der Waals surface area (Å²) in [5, 5.41) is 0. The summed E-state index contributed by atoms with van der Waals surface area (Å²) < 4.78 is 16.7. The van der Waals surface area contributed by atoms with Gasteiger partial charge in [0.15, 0.2) is 12.5 Å². The van der Waals surface area contributed by atoms with E-state index in [9.17, 15) is 4.79 Å². The summed E-state index contributed by atoms with van der Waals surface area (Å²) in [7, 11) is 0. The molecule has 0 radical (unpaired) electrons. The third kappa shape index (κ3) is 7.81. The summed E-state index contributed by atoms with van der Waals surface area (Å²) in [6.45, 7) is 6.74. The number of aromatic nitrogens is 2. The number of hydrogen-bond acceptors (Lipinski definition) is 6. The van der Waals surface area contributed by atoms with E-state index in [1.165, 1.54) is 31.9 Å². The molecule has 1 heterocycles. The Labute approximate surface area is 173 Å². The third-order valence-electron chi connectivity index (χ3n) is 4.68. The van der Waals surface area contributed by atoms with Crippen LogP contribution in [-0.4, -0.2) is 29.3 Å². The summed E-state index contributed by atoms with van der Waals surface area (Å²) in [6, 6.07) is 9.63. The van der Waals surface area contributed by atoms with Crippen molar-refractivity contribution in [3.8, 4) is 23.0 Å². The lowest BCUT2D eigenvalue weighted by Crippen LogP contribution is -2.18. The number of rotatable bonds is 13. The van der Waals surface area contributed by atoms with Gasteiger partial charge < -0.3 is 14.2 Å². The van der Waals surface area contributed by atoms with Crippen molar-refractivity contribution in [2.45, 2.75) is 59.3 Å². The first-order valence-corrected chi connectivity index (χ1v) is 10.5. The van der Waals surface area contributed by atoms with Crippen LogP contribution in [0.25, 0.3) is 11.3 Å². The van der Waals surface area contributed by atoms with Gasteiger partial charge in [-0.05, 0) is 12.8 Å². The number of unbranched alkanes of at least 4 members (excludes halogenated alkanes) is 4. The van der Waals surface area contributed by atoms with Crippen molar-refractivity contribution in [2.75, 3.05) is 13.4 Å². The van der Waals surface area contributed by atoms with Crippen molar-refractivity contribution in [1.82, 2.24) is 9.97 Å². The zero-order chi connectivity index (χ0) is 20.9. The third-order valence-corrected chi connectivity index (χ3v) is 4.68. The molecule has 6 heteroatoms. The molecule has 158 valence electrons. The first kappa shape index (κ1) is 22.8. The van der Waals surface area contributed by atoms with Gasteiger partial charge in [-0.2, -0.15) is 9.97 Å². The number of ether oxygens (including phenoxy) is 3. The van der Waals surface area contributed by atoms with E-state index in [-0.39, 0.29) is 24.7 Å². The Balaban J connectivity index is 2.00. The van der Waals surface area contributed by atoms with E-state index in [4.69, 9.17) is 14.2 Å². The molecular weight excluding hydrogens is 368 g/mol. The molecule has 0 spiro atoms. The second-order valence-electron chi connectivity index (χ2n) is 7.05. The Hall–Kier alpha value is -2.47. The van der Waals surface area contributed by atoms with Gasteiger partial charge in [0.05, 0.1) is 18.7 Å². The Morgan fingerprint density at radius 1 is 1.07 bits per heavy atom. The molecule has 1 aromatic carbocycles. The maximum absolute atomic E-state index is 12.1. The van der Waals surface area contributed by atoms with Crippen LogP contribution in [0, 0.1) is 5.92 Å². The van der Waals surface area contributed by atoms with Gasteiger partial charge in [0, 0.05) is 5.56 Å². The van der Waals surface area contributed by atoms with Crippen LogP contribution in [0.5, 0.6) is 11.8 Å². The summed E-state index contributed by atoms with van der Waals surface area (Å²) >= 11 is 0. The molecule has 2 aromatic rings. The van der Waals surface area contributed by atoms with Gasteiger partial charge in [-0.1, -0.05) is 76.8 Å². The first-order chi connectivity index (χ1) is 14.2. The highest BCUT2D eigenvalue weighted by molar-refractivity contribution is 5.74. The monoisotopic (exact) mass is 400 g/mol. The predicted octanol–water partition coefficient (Wildman–Crippen LogP) is 5.42. The van der Waals surface area contributed by atoms with Crippen LogP contribution in [0.2, 0.25) is 0 Å². The van der Waals surface area contributed by atoms with E-state index in [2.05, 4.69) is 16.9 Å². The number of hydrogen-bond donors (Lipinski definition) is 0. The minimum absolute atomic E-state index is 0.0262. The minimum Gasteiger partial charge on any atom is -0.464 e. The van der Waals surface area contributed by atoms with E-state index >= 15 is 0 Å².